The van der Waals surface area contributed by atoms with E-state index in [1.165, 1.54) is 57.8 Å². The summed E-state index contributed by atoms with van der Waals surface area (Å²) in [6.45, 7) is 4.50. The maximum Gasteiger partial charge on any atom is -0.0322 e. The minimum atomic E-state index is 1.00. The topological polar surface area (TPSA) is 0 Å². The van der Waals surface area contributed by atoms with Crippen molar-refractivity contribution in [3.63, 3.8) is 0 Å². The van der Waals surface area contributed by atoms with Crippen LogP contribution >= 0.6 is 0 Å². The van der Waals surface area contributed by atoms with E-state index in [4.69, 9.17) is 0 Å². The molecule has 0 aromatic rings. The van der Waals surface area contributed by atoms with Crippen LogP contribution < -0.4 is 0 Å². The summed E-state index contributed by atoms with van der Waals surface area (Å²) in [6, 6.07) is 0. The quantitative estimate of drug-likeness (QED) is 0.505. The zero-order chi connectivity index (χ0) is 13.5. The highest BCUT2D eigenvalue weighted by atomic mass is 14.4. The van der Waals surface area contributed by atoms with Gasteiger partial charge in [-0.2, -0.15) is 0 Å². The fourth-order valence-electron chi connectivity index (χ4n) is 4.58. The summed E-state index contributed by atoms with van der Waals surface area (Å²) in [5.74, 6) is 4.26. The molecule has 2 aliphatic rings. The molecule has 0 atom stereocenters. The smallest absolute Gasteiger partial charge is 0.0322 e. The van der Waals surface area contributed by atoms with Gasteiger partial charge in [0.05, 0.1) is 0 Å². The molecule has 0 heteroatoms. The molecule has 19 heavy (non-hydrogen) atoms. The van der Waals surface area contributed by atoms with Gasteiger partial charge in [-0.05, 0) is 75.5 Å². The van der Waals surface area contributed by atoms with Gasteiger partial charge in [0.15, 0.2) is 0 Å². The van der Waals surface area contributed by atoms with Gasteiger partial charge in [-0.1, -0.05) is 44.8 Å². The molecule has 2 rings (SSSR count). The standard InChI is InChI=1S/C19H34/c1-3-5-7-17-10-14-19(15-11-17)18-12-8-16(6-4-2)9-13-18/h3,5,16-19H,4,6-15H2,1-2H3/b5-3+. The summed E-state index contributed by atoms with van der Waals surface area (Å²) in [6.07, 6.45) is 21.1. The summed E-state index contributed by atoms with van der Waals surface area (Å²) >= 11 is 0. The maximum atomic E-state index is 2.38. The monoisotopic (exact) mass is 262 g/mol. The third-order valence-corrected chi connectivity index (χ3v) is 5.85. The van der Waals surface area contributed by atoms with E-state index in [1.54, 1.807) is 12.8 Å². The second-order valence-corrected chi connectivity index (χ2v) is 7.16. The molecule has 2 aliphatic carbocycles. The number of allylic oxidation sites excluding steroid dienone is 2. The molecule has 2 saturated carbocycles. The van der Waals surface area contributed by atoms with Crippen LogP contribution in [-0.4, -0.2) is 0 Å². The molecule has 0 N–H and O–H groups in total. The molecule has 0 unspecified atom stereocenters. The Morgan fingerprint density at radius 2 is 1.32 bits per heavy atom. The third kappa shape index (κ3) is 4.65. The van der Waals surface area contributed by atoms with Gasteiger partial charge < -0.3 is 0 Å². The van der Waals surface area contributed by atoms with Gasteiger partial charge in [0.2, 0.25) is 0 Å². The Balaban J connectivity index is 1.68. The average molecular weight is 262 g/mol. The van der Waals surface area contributed by atoms with Crippen molar-refractivity contribution in [2.75, 3.05) is 0 Å². The van der Waals surface area contributed by atoms with E-state index in [0.29, 0.717) is 0 Å². The van der Waals surface area contributed by atoms with Crippen molar-refractivity contribution in [2.45, 2.75) is 84.5 Å². The normalized spacial score (nSPS) is 36.7. The first kappa shape index (κ1) is 15.1. The predicted molar refractivity (Wildman–Crippen MR) is 85.2 cm³/mol. The Kier molecular flexibility index (Phi) is 6.47. The molecule has 2 fully saturated rings. The lowest BCUT2D eigenvalue weighted by Crippen LogP contribution is -2.25. The summed E-state index contributed by atoms with van der Waals surface area (Å²) in [5, 5.41) is 0. The van der Waals surface area contributed by atoms with Gasteiger partial charge in [0, 0.05) is 0 Å². The molecule has 0 nitrogen and oxygen atoms in total. The van der Waals surface area contributed by atoms with Crippen LogP contribution in [0.3, 0.4) is 0 Å². The second kappa shape index (κ2) is 8.12. The van der Waals surface area contributed by atoms with Crippen LogP contribution in [0.5, 0.6) is 0 Å². The van der Waals surface area contributed by atoms with E-state index >= 15 is 0 Å². The fraction of sp³-hybridized carbons (Fsp3) is 0.895. The molecule has 0 heterocycles. The summed E-state index contributed by atoms with van der Waals surface area (Å²) < 4.78 is 0. The number of rotatable bonds is 5. The Morgan fingerprint density at radius 3 is 1.79 bits per heavy atom. The van der Waals surface area contributed by atoms with E-state index in [2.05, 4.69) is 26.0 Å². The molecule has 0 aliphatic heterocycles. The molecule has 0 amide bonds. The first-order valence-corrected chi connectivity index (χ1v) is 8.94. The van der Waals surface area contributed by atoms with Crippen LogP contribution in [0.25, 0.3) is 0 Å². The van der Waals surface area contributed by atoms with Gasteiger partial charge in [0.25, 0.3) is 0 Å². The maximum absolute atomic E-state index is 2.38. The highest BCUT2D eigenvalue weighted by molar-refractivity contribution is 4.86. The van der Waals surface area contributed by atoms with Crippen molar-refractivity contribution in [1.29, 1.82) is 0 Å². The van der Waals surface area contributed by atoms with Crippen molar-refractivity contribution < 1.29 is 0 Å². The summed E-state index contributed by atoms with van der Waals surface area (Å²) in [5.41, 5.74) is 0. The fourth-order valence-corrected chi connectivity index (χ4v) is 4.58. The third-order valence-electron chi connectivity index (χ3n) is 5.85. The molecule has 0 radical (unpaired) electrons. The van der Waals surface area contributed by atoms with Crippen LogP contribution in [0.1, 0.15) is 84.5 Å². The molecule has 0 aromatic carbocycles. The zero-order valence-corrected chi connectivity index (χ0v) is 13.2. The predicted octanol–water partition coefficient (Wildman–Crippen LogP) is 6.37. The summed E-state index contributed by atoms with van der Waals surface area (Å²) in [7, 11) is 0. The Morgan fingerprint density at radius 1 is 0.789 bits per heavy atom. The van der Waals surface area contributed by atoms with Gasteiger partial charge in [-0.15, -0.1) is 0 Å². The number of hydrogen-bond donors (Lipinski definition) is 0. The minimum Gasteiger partial charge on any atom is -0.0917 e. The first-order chi connectivity index (χ1) is 9.33. The van der Waals surface area contributed by atoms with E-state index in [-0.39, 0.29) is 0 Å². The van der Waals surface area contributed by atoms with Crippen LogP contribution in [0, 0.1) is 23.7 Å². The van der Waals surface area contributed by atoms with E-state index in [9.17, 15) is 0 Å². The molecule has 0 spiro atoms. The summed E-state index contributed by atoms with van der Waals surface area (Å²) in [4.78, 5) is 0. The zero-order valence-electron chi connectivity index (χ0n) is 13.2. The molecule has 0 aromatic heterocycles. The van der Waals surface area contributed by atoms with Crippen molar-refractivity contribution in [2.24, 2.45) is 23.7 Å². The molecule has 0 bridgehead atoms. The Labute approximate surface area is 121 Å². The highest BCUT2D eigenvalue weighted by Gasteiger charge is 2.30. The Hall–Kier alpha value is -0.260. The Bertz CT molecular complexity index is 249. The van der Waals surface area contributed by atoms with Crippen LogP contribution in [0.4, 0.5) is 0 Å². The van der Waals surface area contributed by atoms with Gasteiger partial charge in [0.1, 0.15) is 0 Å². The molecular formula is C19H34. The lowest BCUT2D eigenvalue weighted by Gasteiger charge is -2.37. The largest absolute Gasteiger partial charge is 0.0917 e. The van der Waals surface area contributed by atoms with Crippen LogP contribution in [-0.2, 0) is 0 Å². The van der Waals surface area contributed by atoms with Crippen LogP contribution in [0.2, 0.25) is 0 Å². The van der Waals surface area contributed by atoms with Crippen molar-refractivity contribution in [1.82, 2.24) is 0 Å². The van der Waals surface area contributed by atoms with E-state index < -0.39 is 0 Å². The SMILES string of the molecule is C/C=C/CC1CCC(C2CCC(CCC)CC2)CC1. The van der Waals surface area contributed by atoms with Crippen molar-refractivity contribution in [3.8, 4) is 0 Å². The van der Waals surface area contributed by atoms with Crippen molar-refractivity contribution >= 4 is 0 Å². The highest BCUT2D eigenvalue weighted by Crippen LogP contribution is 2.42. The molecule has 110 valence electrons. The van der Waals surface area contributed by atoms with Crippen molar-refractivity contribution in [3.05, 3.63) is 12.2 Å². The van der Waals surface area contributed by atoms with E-state index in [0.717, 1.165) is 23.7 Å². The van der Waals surface area contributed by atoms with E-state index in [1.807, 2.05) is 0 Å². The van der Waals surface area contributed by atoms with Crippen LogP contribution in [0.15, 0.2) is 12.2 Å². The lowest BCUT2D eigenvalue weighted by molar-refractivity contribution is 0.144. The lowest BCUT2D eigenvalue weighted by atomic mass is 9.68. The van der Waals surface area contributed by atoms with Gasteiger partial charge in [-0.25, -0.2) is 0 Å². The molecular weight excluding hydrogens is 228 g/mol. The second-order valence-electron chi connectivity index (χ2n) is 7.16. The number of hydrogen-bond acceptors (Lipinski definition) is 0. The minimum absolute atomic E-state index is 1.00. The first-order valence-electron chi connectivity index (χ1n) is 8.94. The van der Waals surface area contributed by atoms with Gasteiger partial charge in [-0.3, -0.25) is 0 Å². The van der Waals surface area contributed by atoms with Gasteiger partial charge >= 0.3 is 0 Å². The molecule has 0 saturated heterocycles. The average Bonchev–Trinajstić information content (AvgIpc) is 2.47.